The summed E-state index contributed by atoms with van der Waals surface area (Å²) in [5, 5.41) is 0.866. The lowest BCUT2D eigenvalue weighted by Gasteiger charge is -1.95. The molecule has 2 heteroatoms. The van der Waals surface area contributed by atoms with E-state index in [1.54, 1.807) is 0 Å². The summed E-state index contributed by atoms with van der Waals surface area (Å²) in [7, 11) is 0. The van der Waals surface area contributed by atoms with Crippen molar-refractivity contribution in [1.29, 1.82) is 0 Å². The highest BCUT2D eigenvalue weighted by molar-refractivity contribution is 6.29. The van der Waals surface area contributed by atoms with Crippen LogP contribution in [0, 0.1) is 0 Å². The minimum Gasteiger partial charge on any atom is -0.126 e. The zero-order valence-electron chi connectivity index (χ0n) is 5.17. The Hall–Kier alpha value is 0.320. The molecular weight excluding hydrogens is 143 g/mol. The fourth-order valence-corrected chi connectivity index (χ4v) is 0.692. The maximum atomic E-state index is 5.63. The Morgan fingerprint density at radius 1 is 1.38 bits per heavy atom. The highest BCUT2D eigenvalue weighted by Gasteiger charge is 1.90. The quantitative estimate of drug-likeness (QED) is 0.534. The standard InChI is InChI=1S/C6H10Cl2/c1-5(3-4-7)6(2)8/h3-4H2,1-2H3/b6-5+. The first-order valence-electron chi connectivity index (χ1n) is 2.56. The third-order valence-corrected chi connectivity index (χ3v) is 1.57. The normalized spacial score (nSPS) is 13.5. The Bertz CT molecular complexity index is 90.7. The van der Waals surface area contributed by atoms with Gasteiger partial charge in [0.05, 0.1) is 0 Å². The maximum Gasteiger partial charge on any atom is 0.0261 e. The largest absolute Gasteiger partial charge is 0.126 e. The van der Waals surface area contributed by atoms with E-state index in [9.17, 15) is 0 Å². The number of allylic oxidation sites excluding steroid dienone is 2. The molecule has 0 heterocycles. The number of rotatable bonds is 2. The molecule has 0 saturated heterocycles. The Labute approximate surface area is 60.5 Å². The van der Waals surface area contributed by atoms with Gasteiger partial charge in [-0.1, -0.05) is 17.2 Å². The molecule has 0 rings (SSSR count). The lowest BCUT2D eigenvalue weighted by Crippen LogP contribution is -1.78. The topological polar surface area (TPSA) is 0 Å². The third kappa shape index (κ3) is 3.34. The van der Waals surface area contributed by atoms with Gasteiger partial charge in [0.15, 0.2) is 0 Å². The van der Waals surface area contributed by atoms with Gasteiger partial charge in [-0.3, -0.25) is 0 Å². The number of hydrogen-bond donors (Lipinski definition) is 0. The summed E-state index contributed by atoms with van der Waals surface area (Å²) in [6.07, 6.45) is 0.900. The van der Waals surface area contributed by atoms with Gasteiger partial charge >= 0.3 is 0 Å². The van der Waals surface area contributed by atoms with Crippen molar-refractivity contribution >= 4 is 23.2 Å². The Balaban J connectivity index is 3.62. The maximum absolute atomic E-state index is 5.63. The van der Waals surface area contributed by atoms with E-state index in [1.807, 2.05) is 13.8 Å². The van der Waals surface area contributed by atoms with Crippen LogP contribution in [0.1, 0.15) is 20.3 Å². The number of alkyl halides is 1. The molecule has 0 unspecified atom stereocenters. The second-order valence-electron chi connectivity index (χ2n) is 1.75. The molecule has 0 atom stereocenters. The molecule has 0 aromatic carbocycles. The summed E-state index contributed by atoms with van der Waals surface area (Å²) >= 11 is 11.1. The van der Waals surface area contributed by atoms with Gasteiger partial charge in [0.25, 0.3) is 0 Å². The van der Waals surface area contributed by atoms with Gasteiger partial charge in [0.1, 0.15) is 0 Å². The monoisotopic (exact) mass is 152 g/mol. The summed E-state index contributed by atoms with van der Waals surface area (Å²) in [5.74, 6) is 0.663. The average Bonchev–Trinajstić information content (AvgIpc) is 1.67. The summed E-state index contributed by atoms with van der Waals surface area (Å²) in [6, 6.07) is 0. The van der Waals surface area contributed by atoms with Crippen LogP contribution in [0.15, 0.2) is 10.6 Å². The summed E-state index contributed by atoms with van der Waals surface area (Å²) in [6.45, 7) is 3.87. The summed E-state index contributed by atoms with van der Waals surface area (Å²) in [5.41, 5.74) is 1.18. The third-order valence-electron chi connectivity index (χ3n) is 1.06. The lowest BCUT2D eigenvalue weighted by atomic mass is 10.2. The van der Waals surface area contributed by atoms with Crippen LogP contribution in [0.25, 0.3) is 0 Å². The molecule has 0 aliphatic heterocycles. The van der Waals surface area contributed by atoms with Crippen molar-refractivity contribution in [2.45, 2.75) is 20.3 Å². The molecule has 0 aliphatic carbocycles. The molecule has 0 aromatic rings. The second-order valence-corrected chi connectivity index (χ2v) is 2.70. The Morgan fingerprint density at radius 2 is 1.88 bits per heavy atom. The minimum absolute atomic E-state index is 0.663. The molecule has 0 fully saturated rings. The molecule has 0 saturated carbocycles. The first-order chi connectivity index (χ1) is 3.68. The zero-order chi connectivity index (χ0) is 6.57. The van der Waals surface area contributed by atoms with E-state index in [0.29, 0.717) is 5.88 Å². The van der Waals surface area contributed by atoms with Crippen LogP contribution >= 0.6 is 23.2 Å². The molecule has 0 aliphatic rings. The van der Waals surface area contributed by atoms with Gasteiger partial charge in [-0.25, -0.2) is 0 Å². The fourth-order valence-electron chi connectivity index (χ4n) is 0.314. The molecular formula is C6H10Cl2. The van der Waals surface area contributed by atoms with Crippen LogP contribution in [0.5, 0.6) is 0 Å². The zero-order valence-corrected chi connectivity index (χ0v) is 6.68. The van der Waals surface area contributed by atoms with E-state index in [4.69, 9.17) is 23.2 Å². The molecule has 0 nitrogen and oxygen atoms in total. The van der Waals surface area contributed by atoms with Crippen LogP contribution < -0.4 is 0 Å². The molecule has 0 bridgehead atoms. The van der Waals surface area contributed by atoms with Crippen molar-refractivity contribution < 1.29 is 0 Å². The van der Waals surface area contributed by atoms with Crippen LogP contribution in [-0.4, -0.2) is 5.88 Å². The first kappa shape index (κ1) is 8.32. The van der Waals surface area contributed by atoms with Gasteiger partial charge in [0, 0.05) is 10.9 Å². The first-order valence-corrected chi connectivity index (χ1v) is 3.47. The molecule has 0 amide bonds. The van der Waals surface area contributed by atoms with Crippen LogP contribution in [0.3, 0.4) is 0 Å². The number of halogens is 2. The van der Waals surface area contributed by atoms with Crippen molar-refractivity contribution in [1.82, 2.24) is 0 Å². The predicted molar refractivity (Wildman–Crippen MR) is 39.6 cm³/mol. The molecule has 0 radical (unpaired) electrons. The lowest BCUT2D eigenvalue weighted by molar-refractivity contribution is 1.09. The van der Waals surface area contributed by atoms with Crippen molar-refractivity contribution in [3.63, 3.8) is 0 Å². The van der Waals surface area contributed by atoms with Crippen molar-refractivity contribution in [2.75, 3.05) is 5.88 Å². The second kappa shape index (κ2) is 4.22. The molecule has 8 heavy (non-hydrogen) atoms. The minimum atomic E-state index is 0.663. The van der Waals surface area contributed by atoms with E-state index in [1.165, 1.54) is 5.57 Å². The van der Waals surface area contributed by atoms with Gasteiger partial charge in [-0.15, -0.1) is 11.6 Å². The van der Waals surface area contributed by atoms with E-state index < -0.39 is 0 Å². The molecule has 0 spiro atoms. The van der Waals surface area contributed by atoms with Gasteiger partial charge in [-0.2, -0.15) is 0 Å². The molecule has 0 N–H and O–H groups in total. The highest BCUT2D eigenvalue weighted by Crippen LogP contribution is 2.11. The van der Waals surface area contributed by atoms with E-state index in [0.717, 1.165) is 11.5 Å². The van der Waals surface area contributed by atoms with Crippen molar-refractivity contribution in [3.05, 3.63) is 10.6 Å². The van der Waals surface area contributed by atoms with Gasteiger partial charge in [0.2, 0.25) is 0 Å². The van der Waals surface area contributed by atoms with E-state index in [-0.39, 0.29) is 0 Å². The van der Waals surface area contributed by atoms with E-state index in [2.05, 4.69) is 0 Å². The highest BCUT2D eigenvalue weighted by atomic mass is 35.5. The molecule has 0 aromatic heterocycles. The van der Waals surface area contributed by atoms with Crippen molar-refractivity contribution in [3.8, 4) is 0 Å². The van der Waals surface area contributed by atoms with Gasteiger partial charge in [-0.05, 0) is 20.3 Å². The van der Waals surface area contributed by atoms with E-state index >= 15 is 0 Å². The van der Waals surface area contributed by atoms with Crippen LogP contribution in [-0.2, 0) is 0 Å². The Morgan fingerprint density at radius 3 is 2.00 bits per heavy atom. The SMILES string of the molecule is C/C(Cl)=C(/C)CCCl. The predicted octanol–water partition coefficient (Wildman–Crippen LogP) is 3.15. The van der Waals surface area contributed by atoms with Gasteiger partial charge < -0.3 is 0 Å². The van der Waals surface area contributed by atoms with Crippen LogP contribution in [0.2, 0.25) is 0 Å². The van der Waals surface area contributed by atoms with Crippen LogP contribution in [0.4, 0.5) is 0 Å². The summed E-state index contributed by atoms with van der Waals surface area (Å²) < 4.78 is 0. The average molecular weight is 153 g/mol. The molecule has 48 valence electrons. The number of hydrogen-bond acceptors (Lipinski definition) is 0. The van der Waals surface area contributed by atoms with Crippen molar-refractivity contribution in [2.24, 2.45) is 0 Å². The Kier molecular flexibility index (Phi) is 4.39. The fraction of sp³-hybridized carbons (Fsp3) is 0.667. The smallest absolute Gasteiger partial charge is 0.0261 e. The summed E-state index contributed by atoms with van der Waals surface area (Å²) in [4.78, 5) is 0.